The van der Waals surface area contributed by atoms with Crippen molar-refractivity contribution in [3.05, 3.63) is 35.5 Å². The van der Waals surface area contributed by atoms with Crippen molar-refractivity contribution < 1.29 is 0 Å². The summed E-state index contributed by atoms with van der Waals surface area (Å²) in [7, 11) is 0. The summed E-state index contributed by atoms with van der Waals surface area (Å²) >= 11 is 0. The number of nitrogens with one attached hydrogen (secondary N) is 1. The second-order valence-corrected chi connectivity index (χ2v) is 6.17. The Balaban J connectivity index is 2.60. The Hall–Kier alpha value is -0.820. The first-order valence-corrected chi connectivity index (χ1v) is 7.13. The van der Waals surface area contributed by atoms with Crippen molar-refractivity contribution in [3.8, 4) is 0 Å². The summed E-state index contributed by atoms with van der Waals surface area (Å²) in [5.74, 6) is 0. The van der Waals surface area contributed by atoms with Gasteiger partial charge in [-0.15, -0.1) is 6.58 Å². The molecule has 1 rings (SSSR count). The van der Waals surface area contributed by atoms with Gasteiger partial charge in [-0.05, 0) is 44.9 Å². The molecule has 0 aromatic rings. The van der Waals surface area contributed by atoms with Crippen molar-refractivity contribution in [2.24, 2.45) is 5.41 Å². The molecule has 0 atom stereocenters. The van der Waals surface area contributed by atoms with E-state index in [0.717, 1.165) is 19.5 Å². The monoisotopic (exact) mass is 247 g/mol. The van der Waals surface area contributed by atoms with E-state index in [2.05, 4.69) is 45.7 Å². The van der Waals surface area contributed by atoms with Gasteiger partial charge in [0.2, 0.25) is 0 Å². The number of allylic oxidation sites excluding steroid dienone is 3. The molecule has 1 aliphatic carbocycles. The third kappa shape index (κ3) is 4.45. The molecule has 0 bridgehead atoms. The van der Waals surface area contributed by atoms with Crippen LogP contribution in [0.25, 0.3) is 0 Å². The van der Waals surface area contributed by atoms with Gasteiger partial charge in [-0.2, -0.15) is 0 Å². The predicted octanol–water partition coefficient (Wildman–Crippen LogP) is 4.63. The highest BCUT2D eigenvalue weighted by molar-refractivity contribution is 5.25. The highest BCUT2D eigenvalue weighted by atomic mass is 14.8. The van der Waals surface area contributed by atoms with Gasteiger partial charge < -0.3 is 5.32 Å². The van der Waals surface area contributed by atoms with E-state index in [1.807, 2.05) is 6.08 Å². The van der Waals surface area contributed by atoms with Crippen LogP contribution in [-0.4, -0.2) is 13.1 Å². The average molecular weight is 247 g/mol. The minimum absolute atomic E-state index is 0.396. The maximum atomic E-state index is 3.72. The standard InChI is InChI=1S/C17H29N/c1-6-12-18-13-14(2)9-10-16-15(3)8-7-11-17(16,4)5/h6,9,18H,1,7-8,10-13H2,2-5H3. The van der Waals surface area contributed by atoms with E-state index >= 15 is 0 Å². The fraction of sp³-hybridized carbons (Fsp3) is 0.647. The number of hydrogen-bond acceptors (Lipinski definition) is 1. The summed E-state index contributed by atoms with van der Waals surface area (Å²) in [4.78, 5) is 0. The summed E-state index contributed by atoms with van der Waals surface area (Å²) in [6.45, 7) is 14.9. The van der Waals surface area contributed by atoms with Gasteiger partial charge in [-0.3, -0.25) is 0 Å². The predicted molar refractivity (Wildman–Crippen MR) is 81.8 cm³/mol. The molecule has 0 saturated heterocycles. The Bertz CT molecular complexity index is 345. The van der Waals surface area contributed by atoms with E-state index in [1.165, 1.54) is 24.8 Å². The maximum Gasteiger partial charge on any atom is 0.0164 e. The fourth-order valence-electron chi connectivity index (χ4n) is 2.85. The van der Waals surface area contributed by atoms with Gasteiger partial charge >= 0.3 is 0 Å². The average Bonchev–Trinajstić information content (AvgIpc) is 2.28. The Labute approximate surface area is 113 Å². The van der Waals surface area contributed by atoms with E-state index in [4.69, 9.17) is 0 Å². The Kier molecular flexibility index (Phi) is 5.87. The zero-order chi connectivity index (χ0) is 13.6. The van der Waals surface area contributed by atoms with E-state index < -0.39 is 0 Å². The molecule has 0 aromatic heterocycles. The van der Waals surface area contributed by atoms with Gasteiger partial charge in [0.1, 0.15) is 0 Å². The molecular formula is C17H29N. The highest BCUT2D eigenvalue weighted by Gasteiger charge is 2.27. The van der Waals surface area contributed by atoms with E-state index in [9.17, 15) is 0 Å². The summed E-state index contributed by atoms with van der Waals surface area (Å²) in [5.41, 5.74) is 5.11. The summed E-state index contributed by atoms with van der Waals surface area (Å²) in [5, 5.41) is 3.35. The number of rotatable bonds is 6. The van der Waals surface area contributed by atoms with Crippen molar-refractivity contribution in [2.75, 3.05) is 13.1 Å². The van der Waals surface area contributed by atoms with Crippen LogP contribution in [0.3, 0.4) is 0 Å². The zero-order valence-corrected chi connectivity index (χ0v) is 12.6. The van der Waals surface area contributed by atoms with Crippen LogP contribution < -0.4 is 5.32 Å². The minimum Gasteiger partial charge on any atom is -0.310 e. The second-order valence-electron chi connectivity index (χ2n) is 6.17. The molecule has 0 amide bonds. The van der Waals surface area contributed by atoms with Crippen LogP contribution >= 0.6 is 0 Å². The molecule has 102 valence electrons. The lowest BCUT2D eigenvalue weighted by Gasteiger charge is -2.34. The van der Waals surface area contributed by atoms with Gasteiger partial charge in [-0.1, -0.05) is 42.7 Å². The van der Waals surface area contributed by atoms with Gasteiger partial charge in [-0.25, -0.2) is 0 Å². The molecule has 0 radical (unpaired) electrons. The zero-order valence-electron chi connectivity index (χ0n) is 12.6. The largest absolute Gasteiger partial charge is 0.310 e. The molecule has 0 heterocycles. The molecule has 0 spiro atoms. The van der Waals surface area contributed by atoms with Crippen LogP contribution in [0.5, 0.6) is 0 Å². The molecule has 1 aliphatic rings. The van der Waals surface area contributed by atoms with Crippen LogP contribution in [0, 0.1) is 5.41 Å². The van der Waals surface area contributed by atoms with E-state index in [-0.39, 0.29) is 0 Å². The molecule has 0 aromatic carbocycles. The van der Waals surface area contributed by atoms with E-state index in [0.29, 0.717) is 5.41 Å². The van der Waals surface area contributed by atoms with Crippen LogP contribution in [0.1, 0.15) is 53.4 Å². The van der Waals surface area contributed by atoms with Gasteiger partial charge in [0.15, 0.2) is 0 Å². The lowest BCUT2D eigenvalue weighted by atomic mass is 9.71. The normalized spacial score (nSPS) is 20.1. The first kappa shape index (κ1) is 15.2. The van der Waals surface area contributed by atoms with Crippen LogP contribution in [-0.2, 0) is 0 Å². The van der Waals surface area contributed by atoms with Gasteiger partial charge in [0.25, 0.3) is 0 Å². The first-order chi connectivity index (χ1) is 8.47. The first-order valence-electron chi connectivity index (χ1n) is 7.13. The van der Waals surface area contributed by atoms with E-state index in [1.54, 1.807) is 11.1 Å². The Morgan fingerprint density at radius 1 is 1.44 bits per heavy atom. The molecule has 1 N–H and O–H groups in total. The molecule has 18 heavy (non-hydrogen) atoms. The topological polar surface area (TPSA) is 12.0 Å². The van der Waals surface area contributed by atoms with Crippen molar-refractivity contribution >= 4 is 0 Å². The third-order valence-electron chi connectivity index (χ3n) is 4.03. The smallest absolute Gasteiger partial charge is 0.0164 e. The SMILES string of the molecule is C=CCNCC(C)=CCC1=C(C)CCCC1(C)C. The fourth-order valence-corrected chi connectivity index (χ4v) is 2.85. The van der Waals surface area contributed by atoms with Crippen molar-refractivity contribution in [1.82, 2.24) is 5.32 Å². The van der Waals surface area contributed by atoms with Crippen LogP contribution in [0.4, 0.5) is 0 Å². The second kappa shape index (κ2) is 6.94. The van der Waals surface area contributed by atoms with Crippen molar-refractivity contribution in [1.29, 1.82) is 0 Å². The van der Waals surface area contributed by atoms with Crippen LogP contribution in [0.2, 0.25) is 0 Å². The number of hydrogen-bond donors (Lipinski definition) is 1. The minimum atomic E-state index is 0.396. The maximum absolute atomic E-state index is 3.72. The van der Waals surface area contributed by atoms with Gasteiger partial charge in [0.05, 0.1) is 0 Å². The molecule has 0 unspecified atom stereocenters. The molecule has 0 aliphatic heterocycles. The Morgan fingerprint density at radius 2 is 2.17 bits per heavy atom. The lowest BCUT2D eigenvalue weighted by Crippen LogP contribution is -2.20. The summed E-state index contributed by atoms with van der Waals surface area (Å²) in [6, 6.07) is 0. The molecule has 0 fully saturated rings. The highest BCUT2D eigenvalue weighted by Crippen LogP contribution is 2.41. The third-order valence-corrected chi connectivity index (χ3v) is 4.03. The lowest BCUT2D eigenvalue weighted by molar-refractivity contribution is 0.360. The molecule has 1 nitrogen and oxygen atoms in total. The molecule has 0 saturated carbocycles. The van der Waals surface area contributed by atoms with Crippen molar-refractivity contribution in [2.45, 2.75) is 53.4 Å². The quantitative estimate of drug-likeness (QED) is 0.533. The summed E-state index contributed by atoms with van der Waals surface area (Å²) < 4.78 is 0. The van der Waals surface area contributed by atoms with Crippen LogP contribution in [0.15, 0.2) is 35.5 Å². The van der Waals surface area contributed by atoms with Gasteiger partial charge in [0, 0.05) is 13.1 Å². The Morgan fingerprint density at radius 3 is 2.78 bits per heavy atom. The molecular weight excluding hydrogens is 218 g/mol. The van der Waals surface area contributed by atoms with Crippen molar-refractivity contribution in [3.63, 3.8) is 0 Å². The molecule has 1 heteroatoms. The summed E-state index contributed by atoms with van der Waals surface area (Å²) in [6.07, 6.45) is 9.40.